The molecule has 0 radical (unpaired) electrons. The first-order valence-electron chi connectivity index (χ1n) is 14.2. The van der Waals surface area contributed by atoms with E-state index in [1.165, 1.54) is 24.3 Å². The van der Waals surface area contributed by atoms with Crippen LogP contribution in [0.15, 0.2) is 41.3 Å². The largest absolute Gasteiger partial charge is 0.490 e. The van der Waals surface area contributed by atoms with Crippen molar-refractivity contribution < 1.29 is 36.2 Å². The fourth-order valence-electron chi connectivity index (χ4n) is 6.32. The third-order valence-corrected chi connectivity index (χ3v) is 12.2. The Labute approximate surface area is 255 Å². The zero-order valence-corrected chi connectivity index (χ0v) is 26.3. The van der Waals surface area contributed by atoms with Gasteiger partial charge in [0.15, 0.2) is 21.4 Å². The third-order valence-electron chi connectivity index (χ3n) is 8.21. The van der Waals surface area contributed by atoms with Crippen LogP contribution in [0.1, 0.15) is 52.0 Å². The van der Waals surface area contributed by atoms with E-state index >= 15 is 4.39 Å². The number of nitrogens with zero attached hydrogens (tertiary/aromatic N) is 1. The molecule has 42 heavy (non-hydrogen) atoms. The summed E-state index contributed by atoms with van der Waals surface area (Å²) in [4.78, 5) is 14.4. The van der Waals surface area contributed by atoms with Crippen LogP contribution in [0.25, 0.3) is 0 Å². The Hall–Kier alpha value is -2.08. The molecule has 12 heteroatoms. The van der Waals surface area contributed by atoms with Crippen LogP contribution in [0.3, 0.4) is 0 Å². The average Bonchev–Trinajstić information content (AvgIpc) is 3.41. The van der Waals surface area contributed by atoms with E-state index in [1.807, 2.05) is 20.8 Å². The highest BCUT2D eigenvalue weighted by Crippen LogP contribution is 2.56. The molecule has 0 saturated carbocycles. The number of thioether (sulfide) groups is 1. The SMILES string of the molecule is CC(C)(C)OC(=O)N1CCC[C@H]1CSCC[C@@H]1OCC[C@@]2(S(=O)(=O)c3ccc(Cl)cc3)c3c(F)ccc(F)c3OC[C@@H]12. The van der Waals surface area contributed by atoms with Crippen LogP contribution in [0.5, 0.6) is 5.75 Å². The van der Waals surface area contributed by atoms with Gasteiger partial charge in [0.05, 0.1) is 23.2 Å². The number of carbonyl (C=O) groups excluding carboxylic acids is 1. The zero-order valence-electron chi connectivity index (χ0n) is 23.9. The van der Waals surface area contributed by atoms with Gasteiger partial charge < -0.3 is 19.1 Å². The predicted octanol–water partition coefficient (Wildman–Crippen LogP) is 6.61. The molecule has 4 atom stereocenters. The van der Waals surface area contributed by atoms with Crippen LogP contribution in [-0.4, -0.2) is 68.4 Å². The zero-order chi connectivity index (χ0) is 30.3. The fourth-order valence-corrected chi connectivity index (χ4v) is 9.98. The molecule has 2 fully saturated rings. The molecule has 0 spiro atoms. The van der Waals surface area contributed by atoms with E-state index in [4.69, 9.17) is 25.8 Å². The summed E-state index contributed by atoms with van der Waals surface area (Å²) in [6.45, 7) is 6.10. The van der Waals surface area contributed by atoms with E-state index in [9.17, 15) is 17.6 Å². The van der Waals surface area contributed by atoms with Gasteiger partial charge in [0.25, 0.3) is 0 Å². The minimum absolute atomic E-state index is 0.0214. The maximum atomic E-state index is 15.6. The van der Waals surface area contributed by atoms with Crippen LogP contribution in [-0.2, 0) is 24.1 Å². The molecule has 7 nitrogen and oxygen atoms in total. The van der Waals surface area contributed by atoms with Crippen LogP contribution in [0.4, 0.5) is 13.6 Å². The number of fused-ring (bicyclic) bond motifs is 3. The summed E-state index contributed by atoms with van der Waals surface area (Å²) in [7, 11) is -4.25. The molecular formula is C30H36ClF2NO6S2. The molecule has 0 aromatic heterocycles. The molecule has 2 aromatic rings. The highest BCUT2D eigenvalue weighted by atomic mass is 35.5. The van der Waals surface area contributed by atoms with Crippen molar-refractivity contribution >= 4 is 39.3 Å². The van der Waals surface area contributed by atoms with E-state index in [2.05, 4.69) is 0 Å². The van der Waals surface area contributed by atoms with Crippen molar-refractivity contribution in [3.8, 4) is 5.75 Å². The van der Waals surface area contributed by atoms with Crippen LogP contribution >= 0.6 is 23.4 Å². The highest BCUT2D eigenvalue weighted by molar-refractivity contribution is 7.99. The van der Waals surface area contributed by atoms with Gasteiger partial charge in [-0.15, -0.1) is 0 Å². The lowest BCUT2D eigenvalue weighted by Gasteiger charge is -2.50. The Bertz CT molecular complexity index is 1420. The number of hydrogen-bond acceptors (Lipinski definition) is 7. The summed E-state index contributed by atoms with van der Waals surface area (Å²) in [5.74, 6) is -1.45. The first-order chi connectivity index (χ1) is 19.8. The highest BCUT2D eigenvalue weighted by Gasteiger charge is 2.61. The molecule has 0 bridgehead atoms. The number of amides is 1. The standard InChI is InChI=1S/C30H36ClF2NO6S2/c1-29(2,3)40-28(35)34-14-4-5-20(34)18-41-16-12-25-22-17-39-27-24(33)11-10-23(32)26(27)30(22,13-15-38-25)42(36,37)21-8-6-19(31)7-9-21/h6-11,20,22,25H,4-5,12-18H2,1-3H3/t20-,22-,25-,30-/m0/s1. The lowest BCUT2D eigenvalue weighted by Crippen LogP contribution is -2.57. The van der Waals surface area contributed by atoms with Gasteiger partial charge in [-0.2, -0.15) is 11.8 Å². The Morgan fingerprint density at radius 2 is 1.88 bits per heavy atom. The number of sulfone groups is 1. The van der Waals surface area contributed by atoms with Crippen molar-refractivity contribution in [3.63, 3.8) is 0 Å². The molecule has 0 unspecified atom stereocenters. The van der Waals surface area contributed by atoms with Gasteiger partial charge in [-0.25, -0.2) is 22.0 Å². The number of rotatable bonds is 7. The van der Waals surface area contributed by atoms with E-state index < -0.39 is 43.8 Å². The van der Waals surface area contributed by atoms with Crippen molar-refractivity contribution in [3.05, 3.63) is 58.6 Å². The molecule has 0 aliphatic carbocycles. The number of benzene rings is 2. The normalized spacial score (nSPS) is 25.9. The summed E-state index contributed by atoms with van der Waals surface area (Å²) < 4.78 is 75.0. The van der Waals surface area contributed by atoms with Crippen molar-refractivity contribution in [2.75, 3.05) is 31.3 Å². The van der Waals surface area contributed by atoms with Crippen LogP contribution in [0, 0.1) is 17.6 Å². The monoisotopic (exact) mass is 643 g/mol. The van der Waals surface area contributed by atoms with Gasteiger partial charge >= 0.3 is 6.09 Å². The summed E-state index contributed by atoms with van der Waals surface area (Å²) >= 11 is 7.68. The Morgan fingerprint density at radius 3 is 2.60 bits per heavy atom. The summed E-state index contributed by atoms with van der Waals surface area (Å²) in [6, 6.07) is 7.69. The van der Waals surface area contributed by atoms with Crippen molar-refractivity contribution in [2.45, 2.75) is 73.8 Å². The second kappa shape index (κ2) is 12.1. The summed E-state index contributed by atoms with van der Waals surface area (Å²) in [6.07, 6.45) is 1.33. The maximum Gasteiger partial charge on any atom is 0.410 e. The topological polar surface area (TPSA) is 82.1 Å². The van der Waals surface area contributed by atoms with E-state index in [0.717, 1.165) is 25.0 Å². The van der Waals surface area contributed by atoms with Crippen molar-refractivity contribution in [2.24, 2.45) is 5.92 Å². The molecule has 3 aliphatic rings. The number of ether oxygens (including phenoxy) is 3. The summed E-state index contributed by atoms with van der Waals surface area (Å²) in [5, 5.41) is 0.363. The van der Waals surface area contributed by atoms with Crippen LogP contribution in [0.2, 0.25) is 5.02 Å². The van der Waals surface area contributed by atoms with Crippen molar-refractivity contribution in [1.82, 2.24) is 4.90 Å². The number of halogens is 3. The van der Waals surface area contributed by atoms with Gasteiger partial charge in [-0.05, 0) is 88.6 Å². The maximum absolute atomic E-state index is 15.6. The summed E-state index contributed by atoms with van der Waals surface area (Å²) in [5.41, 5.74) is -0.842. The second-order valence-electron chi connectivity index (χ2n) is 12.0. The second-order valence-corrected chi connectivity index (χ2v) is 15.8. The third kappa shape index (κ3) is 5.86. The van der Waals surface area contributed by atoms with Gasteiger partial charge in [-0.1, -0.05) is 11.6 Å². The fraction of sp³-hybridized carbons (Fsp3) is 0.567. The van der Waals surface area contributed by atoms with Gasteiger partial charge in [0.2, 0.25) is 0 Å². The minimum atomic E-state index is -4.25. The number of likely N-dealkylation sites (tertiary alicyclic amines) is 1. The van der Waals surface area contributed by atoms with Gasteiger partial charge in [0.1, 0.15) is 16.2 Å². The Balaban J connectivity index is 1.37. The predicted molar refractivity (Wildman–Crippen MR) is 158 cm³/mol. The Morgan fingerprint density at radius 1 is 1.17 bits per heavy atom. The molecule has 2 saturated heterocycles. The quantitative estimate of drug-likeness (QED) is 0.314. The first-order valence-corrected chi connectivity index (χ1v) is 17.2. The lowest BCUT2D eigenvalue weighted by atomic mass is 9.75. The molecule has 0 N–H and O–H groups in total. The molecule has 1 amide bonds. The van der Waals surface area contributed by atoms with E-state index in [0.29, 0.717) is 29.5 Å². The van der Waals surface area contributed by atoms with E-state index in [1.54, 1.807) is 16.7 Å². The minimum Gasteiger partial charge on any atom is -0.490 e. The lowest BCUT2D eigenvalue weighted by molar-refractivity contribution is -0.0731. The molecule has 2 aromatic carbocycles. The van der Waals surface area contributed by atoms with Crippen LogP contribution < -0.4 is 4.74 Å². The molecule has 3 aliphatic heterocycles. The van der Waals surface area contributed by atoms with Gasteiger partial charge in [-0.3, -0.25) is 0 Å². The first kappa shape index (κ1) is 31.3. The van der Waals surface area contributed by atoms with Crippen molar-refractivity contribution in [1.29, 1.82) is 0 Å². The molecule has 3 heterocycles. The average molecular weight is 644 g/mol. The molecule has 230 valence electrons. The Kier molecular flexibility index (Phi) is 9.05. The number of hydrogen-bond donors (Lipinski definition) is 0. The molecular weight excluding hydrogens is 608 g/mol. The van der Waals surface area contributed by atoms with E-state index in [-0.39, 0.29) is 48.0 Å². The molecule has 5 rings (SSSR count). The van der Waals surface area contributed by atoms with Gasteiger partial charge in [0, 0.05) is 35.9 Å². The smallest absolute Gasteiger partial charge is 0.410 e. The number of carbonyl (C=O) groups is 1.